The van der Waals surface area contributed by atoms with E-state index >= 15 is 0 Å². The molecule has 136 valence electrons. The first kappa shape index (κ1) is 17.3. The minimum atomic E-state index is -0.681. The van der Waals surface area contributed by atoms with E-state index in [9.17, 15) is 14.3 Å². The monoisotopic (exact) mass is 354 g/mol. The Morgan fingerprint density at radius 3 is 2.46 bits per heavy atom. The van der Waals surface area contributed by atoms with E-state index in [0.717, 1.165) is 19.5 Å². The minimum Gasteiger partial charge on any atom is -0.391 e. The molecule has 2 aromatic rings. The van der Waals surface area contributed by atoms with Gasteiger partial charge in [0.05, 0.1) is 11.7 Å². The average Bonchev–Trinajstić information content (AvgIpc) is 2.67. The van der Waals surface area contributed by atoms with Gasteiger partial charge < -0.3 is 5.11 Å². The molecule has 0 radical (unpaired) electrons. The van der Waals surface area contributed by atoms with Crippen molar-refractivity contribution in [3.63, 3.8) is 0 Å². The molecule has 5 heteroatoms. The van der Waals surface area contributed by atoms with Crippen molar-refractivity contribution in [3.8, 4) is 0 Å². The topological polar surface area (TPSA) is 53.4 Å². The van der Waals surface area contributed by atoms with Gasteiger partial charge in [0.25, 0.3) is 0 Å². The van der Waals surface area contributed by atoms with E-state index in [1.165, 1.54) is 23.4 Å². The molecule has 2 aliphatic rings. The Labute approximate surface area is 152 Å². The van der Waals surface area contributed by atoms with Crippen LogP contribution in [0.25, 0.3) is 0 Å². The molecule has 2 unspecified atom stereocenters. The molecule has 1 aromatic carbocycles. The number of rotatable bonds is 3. The molecule has 4 rings (SSSR count). The lowest BCUT2D eigenvalue weighted by Crippen LogP contribution is -2.51. The van der Waals surface area contributed by atoms with Crippen LogP contribution in [0, 0.1) is 11.9 Å². The van der Waals surface area contributed by atoms with Gasteiger partial charge >= 0.3 is 0 Å². The van der Waals surface area contributed by atoms with Gasteiger partial charge in [0, 0.05) is 24.6 Å². The van der Waals surface area contributed by atoms with Crippen molar-refractivity contribution in [1.82, 2.24) is 9.88 Å². The summed E-state index contributed by atoms with van der Waals surface area (Å²) in [6.07, 6.45) is 3.88. The van der Waals surface area contributed by atoms with Crippen molar-refractivity contribution in [2.75, 3.05) is 13.1 Å². The first-order valence-electron chi connectivity index (χ1n) is 9.27. The van der Waals surface area contributed by atoms with Crippen LogP contribution < -0.4 is 0 Å². The molecule has 26 heavy (non-hydrogen) atoms. The number of hydrogen-bond acceptors (Lipinski definition) is 4. The molecule has 1 aliphatic carbocycles. The Morgan fingerprint density at radius 2 is 1.77 bits per heavy atom. The standard InChI is InChI=1S/C21H23FN2O2/c22-21-17(6-3-9-23-21)20(26)14-7-10-24(11-8-14)18-12-15-4-1-2-5-16(15)13-19(18)25/h1-6,9,14,18-19,25H,7-8,10-13H2. The summed E-state index contributed by atoms with van der Waals surface area (Å²) < 4.78 is 13.8. The van der Waals surface area contributed by atoms with Crippen molar-refractivity contribution in [3.05, 3.63) is 65.2 Å². The molecule has 2 atom stereocenters. The molecule has 0 amide bonds. The fourth-order valence-electron chi connectivity index (χ4n) is 4.33. The Hall–Kier alpha value is -2.11. The summed E-state index contributed by atoms with van der Waals surface area (Å²) >= 11 is 0. The van der Waals surface area contributed by atoms with E-state index in [4.69, 9.17) is 0 Å². The zero-order chi connectivity index (χ0) is 18.1. The number of nitrogens with zero attached hydrogens (tertiary/aromatic N) is 2. The Morgan fingerprint density at radius 1 is 1.08 bits per heavy atom. The van der Waals surface area contributed by atoms with E-state index in [-0.39, 0.29) is 29.4 Å². The Bertz CT molecular complexity index is 802. The van der Waals surface area contributed by atoms with Gasteiger partial charge in [-0.1, -0.05) is 24.3 Å². The van der Waals surface area contributed by atoms with Crippen LogP contribution in [-0.4, -0.2) is 46.0 Å². The number of ketones is 1. The first-order valence-corrected chi connectivity index (χ1v) is 9.27. The maximum atomic E-state index is 13.8. The van der Waals surface area contributed by atoms with Gasteiger partial charge in [-0.25, -0.2) is 4.98 Å². The molecule has 0 bridgehead atoms. The third-order valence-corrected chi connectivity index (χ3v) is 5.81. The number of fused-ring (bicyclic) bond motifs is 1. The molecule has 1 aliphatic heterocycles. The van der Waals surface area contributed by atoms with Crippen LogP contribution in [0.5, 0.6) is 0 Å². The summed E-state index contributed by atoms with van der Waals surface area (Å²) in [5.74, 6) is -0.998. The van der Waals surface area contributed by atoms with Crippen LogP contribution >= 0.6 is 0 Å². The van der Waals surface area contributed by atoms with E-state index in [1.807, 2.05) is 12.1 Å². The minimum absolute atomic E-state index is 0.0936. The van der Waals surface area contributed by atoms with Gasteiger partial charge in [0.1, 0.15) is 0 Å². The summed E-state index contributed by atoms with van der Waals surface area (Å²) in [6.45, 7) is 1.50. The predicted octanol–water partition coefficient (Wildman–Crippen LogP) is 2.64. The van der Waals surface area contributed by atoms with E-state index < -0.39 is 5.95 Å². The number of halogens is 1. The van der Waals surface area contributed by atoms with Crippen molar-refractivity contribution in [2.45, 2.75) is 37.8 Å². The zero-order valence-electron chi connectivity index (χ0n) is 14.6. The van der Waals surface area contributed by atoms with Crippen molar-refractivity contribution >= 4 is 5.78 Å². The lowest BCUT2D eigenvalue weighted by molar-refractivity contribution is 0.0239. The average molecular weight is 354 g/mol. The lowest BCUT2D eigenvalue weighted by atomic mass is 9.83. The third-order valence-electron chi connectivity index (χ3n) is 5.81. The lowest BCUT2D eigenvalue weighted by Gasteiger charge is -2.41. The summed E-state index contributed by atoms with van der Waals surface area (Å²) in [6, 6.07) is 11.5. The number of pyridine rings is 1. The number of Topliss-reactive ketones (excluding diaryl/α,β-unsaturated/α-hetero) is 1. The van der Waals surface area contributed by atoms with Crippen LogP contribution in [0.3, 0.4) is 0 Å². The van der Waals surface area contributed by atoms with E-state index in [1.54, 1.807) is 6.07 Å². The zero-order valence-corrected chi connectivity index (χ0v) is 14.6. The fraction of sp³-hybridized carbons (Fsp3) is 0.429. The van der Waals surface area contributed by atoms with Gasteiger partial charge in [0.15, 0.2) is 5.78 Å². The molecular formula is C21H23FN2O2. The van der Waals surface area contributed by atoms with Gasteiger partial charge in [-0.05, 0) is 55.6 Å². The second kappa shape index (κ2) is 7.25. The van der Waals surface area contributed by atoms with Gasteiger partial charge in [-0.2, -0.15) is 4.39 Å². The molecule has 1 saturated heterocycles. The highest BCUT2D eigenvalue weighted by molar-refractivity contribution is 5.97. The number of aliphatic hydroxyl groups excluding tert-OH is 1. The van der Waals surface area contributed by atoms with E-state index in [0.29, 0.717) is 19.3 Å². The molecule has 1 N–H and O–H groups in total. The van der Waals surface area contributed by atoms with Crippen molar-refractivity contribution < 1.29 is 14.3 Å². The maximum Gasteiger partial charge on any atom is 0.223 e. The second-order valence-corrected chi connectivity index (χ2v) is 7.33. The highest BCUT2D eigenvalue weighted by Gasteiger charge is 2.35. The van der Waals surface area contributed by atoms with Crippen LogP contribution in [-0.2, 0) is 12.8 Å². The molecule has 0 saturated carbocycles. The predicted molar refractivity (Wildman–Crippen MR) is 96.5 cm³/mol. The van der Waals surface area contributed by atoms with Gasteiger partial charge in [-0.3, -0.25) is 9.69 Å². The highest BCUT2D eigenvalue weighted by atomic mass is 19.1. The van der Waals surface area contributed by atoms with Gasteiger partial charge in [0.2, 0.25) is 5.95 Å². The summed E-state index contributed by atoms with van der Waals surface area (Å²) in [4.78, 5) is 18.5. The number of aliphatic hydroxyl groups is 1. The first-order chi connectivity index (χ1) is 12.6. The summed E-state index contributed by atoms with van der Waals surface area (Å²) in [5.41, 5.74) is 2.63. The fourth-order valence-corrected chi connectivity index (χ4v) is 4.33. The summed E-state index contributed by atoms with van der Waals surface area (Å²) in [5, 5.41) is 10.6. The third kappa shape index (κ3) is 3.29. The normalized spacial score (nSPS) is 24.2. The van der Waals surface area contributed by atoms with Crippen LogP contribution in [0.15, 0.2) is 42.6 Å². The largest absolute Gasteiger partial charge is 0.391 e. The van der Waals surface area contributed by atoms with E-state index in [2.05, 4.69) is 22.0 Å². The molecular weight excluding hydrogens is 331 g/mol. The molecule has 1 fully saturated rings. The Balaban J connectivity index is 1.41. The van der Waals surface area contributed by atoms with Crippen LogP contribution in [0.1, 0.15) is 34.3 Å². The number of benzene rings is 1. The Kier molecular flexibility index (Phi) is 4.83. The molecule has 4 nitrogen and oxygen atoms in total. The van der Waals surface area contributed by atoms with Crippen molar-refractivity contribution in [1.29, 1.82) is 0 Å². The number of likely N-dealkylation sites (tertiary alicyclic amines) is 1. The number of hydrogen-bond donors (Lipinski definition) is 1. The number of carbonyl (C=O) groups excluding carboxylic acids is 1. The van der Waals surface area contributed by atoms with Crippen molar-refractivity contribution in [2.24, 2.45) is 5.92 Å². The smallest absolute Gasteiger partial charge is 0.223 e. The van der Waals surface area contributed by atoms with Gasteiger partial charge in [-0.15, -0.1) is 0 Å². The number of piperidine rings is 1. The van der Waals surface area contributed by atoms with Crippen LogP contribution in [0.2, 0.25) is 0 Å². The quantitative estimate of drug-likeness (QED) is 0.680. The molecule has 1 aromatic heterocycles. The molecule has 2 heterocycles. The number of aromatic nitrogens is 1. The SMILES string of the molecule is O=C(c1cccnc1F)C1CCN(C2Cc3ccccc3CC2O)CC1. The van der Waals surface area contributed by atoms with Crippen LogP contribution in [0.4, 0.5) is 4.39 Å². The maximum absolute atomic E-state index is 13.8. The highest BCUT2D eigenvalue weighted by Crippen LogP contribution is 2.29. The summed E-state index contributed by atoms with van der Waals surface area (Å²) in [7, 11) is 0. The second-order valence-electron chi connectivity index (χ2n) is 7.33. The number of carbonyl (C=O) groups is 1. The molecule has 0 spiro atoms.